The van der Waals surface area contributed by atoms with Crippen LogP contribution in [0.25, 0.3) is 11.1 Å². The van der Waals surface area contributed by atoms with Gasteiger partial charge in [0.05, 0.1) is 0 Å². The van der Waals surface area contributed by atoms with Gasteiger partial charge in [-0.25, -0.2) is 4.79 Å². The first kappa shape index (κ1) is 15.2. The molecule has 0 spiro atoms. The number of carbonyl (C=O) groups excluding carboxylic acids is 1. The first-order valence-corrected chi connectivity index (χ1v) is 8.67. The lowest BCUT2D eigenvalue weighted by molar-refractivity contribution is 0.206. The maximum absolute atomic E-state index is 12.6. The second-order valence-corrected chi connectivity index (χ2v) is 6.79. The summed E-state index contributed by atoms with van der Waals surface area (Å²) in [7, 11) is 0. The Morgan fingerprint density at radius 3 is 2.71 bits per heavy atom. The molecule has 2 amide bonds. The second kappa shape index (κ2) is 6.29. The predicted molar refractivity (Wildman–Crippen MR) is 97.1 cm³/mol. The van der Waals surface area contributed by atoms with Gasteiger partial charge in [-0.1, -0.05) is 36.4 Å². The molecule has 2 saturated heterocycles. The Kier molecular flexibility index (Phi) is 3.98. The van der Waals surface area contributed by atoms with E-state index < -0.39 is 0 Å². The highest BCUT2D eigenvalue weighted by Gasteiger charge is 2.39. The number of fused-ring (bicyclic) bond motifs is 1. The van der Waals surface area contributed by atoms with Gasteiger partial charge in [0.1, 0.15) is 0 Å². The maximum atomic E-state index is 12.6. The number of hydrogen-bond acceptors (Lipinski definition) is 2. The number of likely N-dealkylation sites (tertiary alicyclic amines) is 1. The molecule has 2 fully saturated rings. The fraction of sp³-hybridized carbons (Fsp3) is 0.350. The zero-order chi connectivity index (χ0) is 16.5. The van der Waals surface area contributed by atoms with Crippen molar-refractivity contribution in [3.8, 4) is 11.1 Å². The minimum absolute atomic E-state index is 0.0230. The Hall–Kier alpha value is -2.33. The van der Waals surface area contributed by atoms with Gasteiger partial charge in [0.15, 0.2) is 0 Å². The molecule has 0 unspecified atom stereocenters. The number of aryl methyl sites for hydroxylation is 1. The third-order valence-corrected chi connectivity index (χ3v) is 5.30. The van der Waals surface area contributed by atoms with Crippen molar-refractivity contribution in [1.29, 1.82) is 0 Å². The molecule has 0 aliphatic carbocycles. The molecule has 2 atom stereocenters. The number of urea groups is 1. The molecule has 2 aliphatic heterocycles. The van der Waals surface area contributed by atoms with E-state index in [-0.39, 0.29) is 6.03 Å². The lowest BCUT2D eigenvalue weighted by Crippen LogP contribution is -2.41. The zero-order valence-corrected chi connectivity index (χ0v) is 14.0. The maximum Gasteiger partial charge on any atom is 0.322 e. The van der Waals surface area contributed by atoms with Gasteiger partial charge in [-0.05, 0) is 48.1 Å². The monoisotopic (exact) mass is 321 g/mol. The summed E-state index contributed by atoms with van der Waals surface area (Å²) in [5, 5.41) is 6.43. The summed E-state index contributed by atoms with van der Waals surface area (Å²) in [6, 6.07) is 16.8. The standard InChI is InChI=1S/C20H23N3O/c1-14-4-2-3-5-18(14)15-6-8-17(9-7-15)22-20(24)23-11-10-16-12-21-13-19(16)23/h2-9,16,19,21H,10-13H2,1H3,(H,22,24)/t16-,19+/m0/s1. The molecule has 0 bridgehead atoms. The quantitative estimate of drug-likeness (QED) is 0.889. The van der Waals surface area contributed by atoms with Crippen LogP contribution in [0, 0.1) is 12.8 Å². The second-order valence-electron chi connectivity index (χ2n) is 6.79. The van der Waals surface area contributed by atoms with Gasteiger partial charge in [-0.3, -0.25) is 0 Å². The van der Waals surface area contributed by atoms with E-state index in [4.69, 9.17) is 0 Å². The third-order valence-electron chi connectivity index (χ3n) is 5.30. The van der Waals surface area contributed by atoms with Crippen molar-refractivity contribution in [2.45, 2.75) is 19.4 Å². The van der Waals surface area contributed by atoms with Gasteiger partial charge in [-0.2, -0.15) is 0 Å². The van der Waals surface area contributed by atoms with Gasteiger partial charge in [0.2, 0.25) is 0 Å². The molecule has 0 aromatic heterocycles. The van der Waals surface area contributed by atoms with Crippen molar-refractivity contribution in [3.63, 3.8) is 0 Å². The summed E-state index contributed by atoms with van der Waals surface area (Å²) in [5.74, 6) is 0.624. The molecule has 2 aromatic carbocycles. The molecule has 24 heavy (non-hydrogen) atoms. The normalized spacial score (nSPS) is 22.5. The Morgan fingerprint density at radius 1 is 1.12 bits per heavy atom. The fourth-order valence-electron chi connectivity index (χ4n) is 3.93. The van der Waals surface area contributed by atoms with Crippen LogP contribution in [0.3, 0.4) is 0 Å². The lowest BCUT2D eigenvalue weighted by Gasteiger charge is -2.23. The van der Waals surface area contributed by atoms with E-state index in [0.29, 0.717) is 12.0 Å². The Balaban J connectivity index is 1.46. The van der Waals surface area contributed by atoms with Gasteiger partial charge in [0.25, 0.3) is 0 Å². The fourth-order valence-corrected chi connectivity index (χ4v) is 3.93. The van der Waals surface area contributed by atoms with E-state index >= 15 is 0 Å². The van der Waals surface area contributed by atoms with Gasteiger partial charge < -0.3 is 15.5 Å². The zero-order valence-electron chi connectivity index (χ0n) is 14.0. The summed E-state index contributed by atoms with van der Waals surface area (Å²) < 4.78 is 0. The molecule has 124 valence electrons. The van der Waals surface area contributed by atoms with Crippen LogP contribution >= 0.6 is 0 Å². The molecule has 4 rings (SSSR count). The van der Waals surface area contributed by atoms with Crippen molar-refractivity contribution >= 4 is 11.7 Å². The lowest BCUT2D eigenvalue weighted by atomic mass is 10.0. The summed E-state index contributed by atoms with van der Waals surface area (Å²) in [6.07, 6.45) is 1.11. The Labute approximate surface area is 142 Å². The molecule has 2 aliphatic rings. The van der Waals surface area contributed by atoms with E-state index in [1.165, 1.54) is 16.7 Å². The summed E-state index contributed by atoms with van der Waals surface area (Å²) in [4.78, 5) is 14.5. The minimum atomic E-state index is 0.0230. The number of anilines is 1. The van der Waals surface area contributed by atoms with Crippen LogP contribution in [0.15, 0.2) is 48.5 Å². The van der Waals surface area contributed by atoms with E-state index in [1.54, 1.807) is 0 Å². The predicted octanol–water partition coefficient (Wildman–Crippen LogP) is 3.49. The number of nitrogens with one attached hydrogen (secondary N) is 2. The van der Waals surface area contributed by atoms with E-state index in [1.807, 2.05) is 17.0 Å². The number of nitrogens with zero attached hydrogens (tertiary/aromatic N) is 1. The highest BCUT2D eigenvalue weighted by atomic mass is 16.2. The van der Waals surface area contributed by atoms with Crippen molar-refractivity contribution in [3.05, 3.63) is 54.1 Å². The van der Waals surface area contributed by atoms with Crippen LogP contribution in [0.2, 0.25) is 0 Å². The SMILES string of the molecule is Cc1ccccc1-c1ccc(NC(=O)N2CC[C@H]3CNC[C@H]32)cc1. The van der Waals surface area contributed by atoms with Gasteiger partial charge >= 0.3 is 6.03 Å². The molecule has 0 saturated carbocycles. The van der Waals surface area contributed by atoms with Crippen LogP contribution in [0.4, 0.5) is 10.5 Å². The van der Waals surface area contributed by atoms with Crippen LogP contribution in [-0.2, 0) is 0 Å². The van der Waals surface area contributed by atoms with E-state index in [0.717, 1.165) is 31.7 Å². The third kappa shape index (κ3) is 2.78. The molecule has 2 aromatic rings. The van der Waals surface area contributed by atoms with Crippen LogP contribution < -0.4 is 10.6 Å². The largest absolute Gasteiger partial charge is 0.322 e. The smallest absolute Gasteiger partial charge is 0.320 e. The average molecular weight is 321 g/mol. The molecule has 4 heteroatoms. The summed E-state index contributed by atoms with van der Waals surface area (Å²) in [6.45, 7) is 4.94. The highest BCUT2D eigenvalue weighted by molar-refractivity contribution is 5.90. The molecule has 0 radical (unpaired) electrons. The van der Waals surface area contributed by atoms with Gasteiger partial charge in [-0.15, -0.1) is 0 Å². The topological polar surface area (TPSA) is 44.4 Å². The van der Waals surface area contributed by atoms with Crippen molar-refractivity contribution in [2.75, 3.05) is 25.0 Å². The van der Waals surface area contributed by atoms with Crippen LogP contribution in [0.5, 0.6) is 0 Å². The van der Waals surface area contributed by atoms with Crippen molar-refractivity contribution < 1.29 is 4.79 Å². The van der Waals surface area contributed by atoms with Crippen molar-refractivity contribution in [2.24, 2.45) is 5.92 Å². The van der Waals surface area contributed by atoms with E-state index in [9.17, 15) is 4.79 Å². The van der Waals surface area contributed by atoms with E-state index in [2.05, 4.69) is 54.0 Å². The summed E-state index contributed by atoms with van der Waals surface area (Å²) in [5.41, 5.74) is 4.51. The number of benzene rings is 2. The van der Waals surface area contributed by atoms with Crippen LogP contribution in [0.1, 0.15) is 12.0 Å². The average Bonchev–Trinajstić information content (AvgIpc) is 3.19. The molecule has 2 heterocycles. The van der Waals surface area contributed by atoms with Crippen molar-refractivity contribution in [1.82, 2.24) is 10.2 Å². The first-order valence-electron chi connectivity index (χ1n) is 8.67. The summed E-state index contributed by atoms with van der Waals surface area (Å²) >= 11 is 0. The molecule has 2 N–H and O–H groups in total. The number of rotatable bonds is 2. The minimum Gasteiger partial charge on any atom is -0.320 e. The van der Waals surface area contributed by atoms with Crippen LogP contribution in [-0.4, -0.2) is 36.6 Å². The van der Waals surface area contributed by atoms with Gasteiger partial charge in [0, 0.05) is 31.4 Å². The number of carbonyl (C=O) groups is 1. The molecular weight excluding hydrogens is 298 g/mol. The molecule has 4 nitrogen and oxygen atoms in total. The number of amides is 2. The molecular formula is C20H23N3O. The number of hydrogen-bond donors (Lipinski definition) is 2. The Morgan fingerprint density at radius 2 is 1.92 bits per heavy atom. The first-order chi connectivity index (χ1) is 11.7. The Bertz CT molecular complexity index is 741. The highest BCUT2D eigenvalue weighted by Crippen LogP contribution is 2.28.